The normalized spacial score (nSPS) is 17.2. The number of hydrogen-bond acceptors (Lipinski definition) is 0. The van der Waals surface area contributed by atoms with Crippen LogP contribution in [-0.4, -0.2) is 0 Å². The molecule has 2 rings (SSSR count). The SMILES string of the molecule is C1=CC[C]([Ti][C]2=CC=CC2)=C1.Cl.Cl. The molecule has 2 aliphatic carbocycles. The summed E-state index contributed by atoms with van der Waals surface area (Å²) in [5.74, 6) is 0. The summed E-state index contributed by atoms with van der Waals surface area (Å²) in [5, 5.41) is 0. The van der Waals surface area contributed by atoms with Crippen LogP contribution in [0.3, 0.4) is 0 Å². The van der Waals surface area contributed by atoms with Gasteiger partial charge in [-0.05, 0) is 0 Å². The third-order valence-electron chi connectivity index (χ3n) is 1.86. The third-order valence-corrected chi connectivity index (χ3v) is 4.02. The first kappa shape index (κ1) is 13.3. The molecule has 0 aromatic rings. The topological polar surface area (TPSA) is 0 Å². The first-order chi connectivity index (χ1) is 5.45. The molecular formula is C10H12Cl2Ti. The van der Waals surface area contributed by atoms with Crippen molar-refractivity contribution >= 4 is 24.8 Å². The molecule has 0 unspecified atom stereocenters. The summed E-state index contributed by atoms with van der Waals surface area (Å²) in [5.41, 5.74) is 0. The van der Waals surface area contributed by atoms with E-state index in [2.05, 4.69) is 36.5 Å². The minimum absolute atomic E-state index is 0. The van der Waals surface area contributed by atoms with Gasteiger partial charge < -0.3 is 0 Å². The van der Waals surface area contributed by atoms with Gasteiger partial charge in [0.05, 0.1) is 0 Å². The van der Waals surface area contributed by atoms with Gasteiger partial charge in [-0.2, -0.15) is 0 Å². The predicted molar refractivity (Wildman–Crippen MR) is 58.2 cm³/mol. The van der Waals surface area contributed by atoms with Crippen LogP contribution in [0.15, 0.2) is 44.2 Å². The van der Waals surface area contributed by atoms with E-state index in [1.165, 1.54) is 12.8 Å². The van der Waals surface area contributed by atoms with Gasteiger partial charge in [-0.1, -0.05) is 0 Å². The van der Waals surface area contributed by atoms with Crippen molar-refractivity contribution in [3.8, 4) is 0 Å². The first-order valence-electron chi connectivity index (χ1n) is 3.93. The van der Waals surface area contributed by atoms with E-state index in [1.807, 2.05) is 0 Å². The van der Waals surface area contributed by atoms with Crippen molar-refractivity contribution < 1.29 is 19.2 Å². The monoisotopic (exact) mass is 250 g/mol. The van der Waals surface area contributed by atoms with Gasteiger partial charge in [0.1, 0.15) is 0 Å². The van der Waals surface area contributed by atoms with Gasteiger partial charge in [0.25, 0.3) is 0 Å². The second kappa shape index (κ2) is 6.67. The molecule has 0 fully saturated rings. The molecule has 0 bridgehead atoms. The Kier molecular flexibility index (Phi) is 6.80. The minimum atomic E-state index is 0. The molecule has 0 aromatic carbocycles. The summed E-state index contributed by atoms with van der Waals surface area (Å²) in [6.45, 7) is 0. The van der Waals surface area contributed by atoms with Gasteiger partial charge in [-0.25, -0.2) is 0 Å². The van der Waals surface area contributed by atoms with Crippen LogP contribution in [0.5, 0.6) is 0 Å². The smallest absolute Gasteiger partial charge is 0.147 e. The second-order valence-electron chi connectivity index (χ2n) is 2.77. The molecular weight excluding hydrogens is 239 g/mol. The Morgan fingerprint density at radius 1 is 0.846 bits per heavy atom. The van der Waals surface area contributed by atoms with Crippen molar-refractivity contribution in [1.29, 1.82) is 0 Å². The van der Waals surface area contributed by atoms with Gasteiger partial charge in [0.15, 0.2) is 0 Å². The maximum Gasteiger partial charge on any atom is -0.147 e. The number of hydrogen-bond donors (Lipinski definition) is 0. The Morgan fingerprint density at radius 2 is 1.31 bits per heavy atom. The molecule has 2 aliphatic rings. The summed E-state index contributed by atoms with van der Waals surface area (Å²) in [6.07, 6.45) is 15.9. The molecule has 0 radical (unpaired) electrons. The van der Waals surface area contributed by atoms with Crippen molar-refractivity contribution in [3.05, 3.63) is 44.2 Å². The van der Waals surface area contributed by atoms with Crippen molar-refractivity contribution in [2.45, 2.75) is 12.8 Å². The van der Waals surface area contributed by atoms with Crippen LogP contribution in [-0.2, 0) is 19.2 Å². The average Bonchev–Trinajstić information content (AvgIpc) is 2.60. The van der Waals surface area contributed by atoms with Gasteiger partial charge in [0, 0.05) is 0 Å². The van der Waals surface area contributed by atoms with Gasteiger partial charge >= 0.3 is 76.2 Å². The first-order valence-corrected chi connectivity index (χ1v) is 5.50. The quantitative estimate of drug-likeness (QED) is 0.657. The predicted octanol–water partition coefficient (Wildman–Crippen LogP) is 3.60. The summed E-state index contributed by atoms with van der Waals surface area (Å²) >= 11 is 0.0833. The van der Waals surface area contributed by atoms with Gasteiger partial charge in [0.2, 0.25) is 0 Å². The Morgan fingerprint density at radius 3 is 1.62 bits per heavy atom. The number of rotatable bonds is 2. The van der Waals surface area contributed by atoms with Crippen LogP contribution in [0.1, 0.15) is 12.8 Å². The molecule has 0 nitrogen and oxygen atoms in total. The third kappa shape index (κ3) is 3.87. The molecule has 13 heavy (non-hydrogen) atoms. The molecule has 0 saturated carbocycles. The van der Waals surface area contributed by atoms with E-state index in [0.29, 0.717) is 0 Å². The second-order valence-corrected chi connectivity index (χ2v) is 5.17. The summed E-state index contributed by atoms with van der Waals surface area (Å²) < 4.78 is 3.36. The fourth-order valence-electron chi connectivity index (χ4n) is 1.29. The molecule has 0 saturated heterocycles. The summed E-state index contributed by atoms with van der Waals surface area (Å²) in [7, 11) is 0. The minimum Gasteiger partial charge on any atom is -0.147 e. The zero-order chi connectivity index (χ0) is 7.52. The fraction of sp³-hybridized carbons (Fsp3) is 0.200. The van der Waals surface area contributed by atoms with E-state index in [1.54, 1.807) is 7.76 Å². The maximum atomic E-state index is 2.29. The summed E-state index contributed by atoms with van der Waals surface area (Å²) in [4.78, 5) is 0. The van der Waals surface area contributed by atoms with Crippen molar-refractivity contribution in [1.82, 2.24) is 0 Å². The molecule has 0 aromatic heterocycles. The van der Waals surface area contributed by atoms with Crippen LogP contribution in [0.25, 0.3) is 0 Å². The Labute approximate surface area is 101 Å². The van der Waals surface area contributed by atoms with E-state index in [0.717, 1.165) is 0 Å². The zero-order valence-electron chi connectivity index (χ0n) is 7.19. The fourth-order valence-corrected chi connectivity index (χ4v) is 3.18. The van der Waals surface area contributed by atoms with E-state index in [9.17, 15) is 0 Å². The standard InChI is InChI=1S/2C5H5.2ClH.Ti/c2*1-2-4-5-3-1;;;/h2*1-3H,4H2;2*1H;. The molecule has 0 heterocycles. The average molecular weight is 251 g/mol. The number of halogens is 2. The van der Waals surface area contributed by atoms with Crippen molar-refractivity contribution in [3.63, 3.8) is 0 Å². The summed E-state index contributed by atoms with van der Waals surface area (Å²) in [6, 6.07) is 0. The Bertz CT molecular complexity index is 247. The maximum absolute atomic E-state index is 2.29. The molecule has 3 heteroatoms. The number of allylic oxidation sites excluding steroid dienone is 8. The van der Waals surface area contributed by atoms with Crippen LogP contribution < -0.4 is 0 Å². The van der Waals surface area contributed by atoms with Gasteiger partial charge in [-0.15, -0.1) is 24.8 Å². The van der Waals surface area contributed by atoms with Crippen molar-refractivity contribution in [2.75, 3.05) is 0 Å². The van der Waals surface area contributed by atoms with Crippen LogP contribution >= 0.6 is 24.8 Å². The van der Waals surface area contributed by atoms with Crippen molar-refractivity contribution in [2.24, 2.45) is 0 Å². The van der Waals surface area contributed by atoms with Crippen LogP contribution in [0.2, 0.25) is 0 Å². The Hall–Kier alpha value is 0.254. The molecule has 0 amide bonds. The van der Waals surface area contributed by atoms with E-state index in [-0.39, 0.29) is 44.0 Å². The molecule has 0 N–H and O–H groups in total. The van der Waals surface area contributed by atoms with E-state index < -0.39 is 0 Å². The zero-order valence-corrected chi connectivity index (χ0v) is 10.4. The van der Waals surface area contributed by atoms with E-state index >= 15 is 0 Å². The van der Waals surface area contributed by atoms with Gasteiger partial charge in [-0.3, -0.25) is 0 Å². The van der Waals surface area contributed by atoms with E-state index in [4.69, 9.17) is 0 Å². The molecule has 0 aliphatic heterocycles. The Balaban J connectivity index is 0.000000720. The van der Waals surface area contributed by atoms with Crippen LogP contribution in [0, 0.1) is 0 Å². The molecule has 70 valence electrons. The largest absolute Gasteiger partial charge is 0.147 e. The van der Waals surface area contributed by atoms with Crippen LogP contribution in [0.4, 0.5) is 0 Å². The molecule has 0 spiro atoms. The molecule has 0 atom stereocenters.